The molecule has 1 aromatic carbocycles. The molecule has 1 fully saturated rings. The van der Waals surface area contributed by atoms with Gasteiger partial charge in [0.25, 0.3) is 5.91 Å². The van der Waals surface area contributed by atoms with Crippen LogP contribution in [0.2, 0.25) is 0 Å². The second-order valence-electron chi connectivity index (χ2n) is 6.36. The van der Waals surface area contributed by atoms with Crippen LogP contribution in [-0.4, -0.2) is 54.3 Å². The van der Waals surface area contributed by atoms with Crippen LogP contribution >= 0.6 is 12.4 Å². The number of ether oxygens (including phenoxy) is 1. The van der Waals surface area contributed by atoms with E-state index >= 15 is 0 Å². The minimum Gasteiger partial charge on any atom is -0.435 e. The van der Waals surface area contributed by atoms with Crippen LogP contribution in [0.15, 0.2) is 30.5 Å². The van der Waals surface area contributed by atoms with E-state index in [1.165, 1.54) is 18.3 Å². The molecule has 0 saturated carbocycles. The van der Waals surface area contributed by atoms with E-state index in [2.05, 4.69) is 20.3 Å². The van der Waals surface area contributed by atoms with Gasteiger partial charge in [0, 0.05) is 18.7 Å². The van der Waals surface area contributed by atoms with Crippen molar-refractivity contribution in [2.24, 2.45) is 5.92 Å². The lowest BCUT2D eigenvalue weighted by Gasteiger charge is -2.31. The number of piperidine rings is 1. The molecule has 1 aromatic heterocycles. The average Bonchev–Trinajstić information content (AvgIpc) is 3.11. The van der Waals surface area contributed by atoms with Gasteiger partial charge in [0.05, 0.1) is 17.5 Å². The summed E-state index contributed by atoms with van der Waals surface area (Å²) in [5, 5.41) is 9.95. The second kappa shape index (κ2) is 9.66. The van der Waals surface area contributed by atoms with E-state index in [4.69, 9.17) is 0 Å². The van der Waals surface area contributed by atoms with E-state index in [1.54, 1.807) is 12.1 Å². The Hall–Kier alpha value is -2.19. The van der Waals surface area contributed by atoms with Crippen molar-refractivity contribution in [1.82, 2.24) is 20.4 Å². The number of amides is 1. The van der Waals surface area contributed by atoms with Crippen LogP contribution in [0.25, 0.3) is 11.3 Å². The smallest absolute Gasteiger partial charge is 0.387 e. The highest BCUT2D eigenvalue weighted by atomic mass is 35.5. The third kappa shape index (κ3) is 5.17. The van der Waals surface area contributed by atoms with Crippen molar-refractivity contribution in [3.05, 3.63) is 36.0 Å². The Morgan fingerprint density at radius 1 is 1.41 bits per heavy atom. The van der Waals surface area contributed by atoms with E-state index in [0.717, 1.165) is 19.4 Å². The number of hydrogen-bond donors (Lipinski definition) is 2. The van der Waals surface area contributed by atoms with Gasteiger partial charge in [-0.2, -0.15) is 13.9 Å². The molecule has 1 saturated heterocycles. The summed E-state index contributed by atoms with van der Waals surface area (Å²) in [5.74, 6) is 0.520. The standard InChI is InChI=1S/C18H22F2N4O2.ClH/c1-21-10-12-5-7-24(8-6-12)17(25)15-11-22-23-16(15)13-3-2-4-14(9-13)26-18(19)20;/h2-4,9,11-12,18,21H,5-8,10H2,1H3,(H,22,23);1H. The van der Waals surface area contributed by atoms with Crippen LogP contribution < -0.4 is 10.1 Å². The van der Waals surface area contributed by atoms with E-state index in [-0.39, 0.29) is 24.1 Å². The van der Waals surface area contributed by atoms with Gasteiger partial charge >= 0.3 is 6.61 Å². The zero-order valence-corrected chi connectivity index (χ0v) is 15.8. The third-order valence-corrected chi connectivity index (χ3v) is 4.61. The lowest BCUT2D eigenvalue weighted by molar-refractivity contribution is -0.0498. The summed E-state index contributed by atoms with van der Waals surface area (Å²) in [6.45, 7) is -0.545. The monoisotopic (exact) mass is 400 g/mol. The first-order chi connectivity index (χ1) is 12.6. The highest BCUT2D eigenvalue weighted by molar-refractivity contribution is 5.99. The van der Waals surface area contributed by atoms with E-state index in [1.807, 2.05) is 11.9 Å². The summed E-state index contributed by atoms with van der Waals surface area (Å²) >= 11 is 0. The van der Waals surface area contributed by atoms with Crippen molar-refractivity contribution >= 4 is 18.3 Å². The molecule has 1 aliphatic rings. The zero-order chi connectivity index (χ0) is 18.5. The highest BCUT2D eigenvalue weighted by Crippen LogP contribution is 2.27. The summed E-state index contributed by atoms with van der Waals surface area (Å²) in [6, 6.07) is 6.24. The van der Waals surface area contributed by atoms with Gasteiger partial charge in [-0.15, -0.1) is 12.4 Å². The predicted molar refractivity (Wildman–Crippen MR) is 100 cm³/mol. The molecule has 1 aliphatic heterocycles. The molecule has 0 aliphatic carbocycles. The molecule has 0 bridgehead atoms. The number of hydrogen-bond acceptors (Lipinski definition) is 4. The van der Waals surface area contributed by atoms with Crippen molar-refractivity contribution in [3.63, 3.8) is 0 Å². The molecular formula is C18H23ClF2N4O2. The fraction of sp³-hybridized carbons (Fsp3) is 0.444. The van der Waals surface area contributed by atoms with Crippen molar-refractivity contribution in [1.29, 1.82) is 0 Å². The molecule has 0 atom stereocenters. The normalized spacial score (nSPS) is 14.9. The molecule has 9 heteroatoms. The minimum absolute atomic E-state index is 0. The van der Waals surface area contributed by atoms with E-state index < -0.39 is 6.61 Å². The van der Waals surface area contributed by atoms with Crippen LogP contribution in [-0.2, 0) is 0 Å². The predicted octanol–water partition coefficient (Wildman–Crippen LogP) is 3.17. The number of aromatic amines is 1. The Bertz CT molecular complexity index is 748. The zero-order valence-electron chi connectivity index (χ0n) is 15.0. The van der Waals surface area contributed by atoms with Gasteiger partial charge in [-0.3, -0.25) is 9.89 Å². The summed E-state index contributed by atoms with van der Waals surface area (Å²) < 4.78 is 29.3. The van der Waals surface area contributed by atoms with Crippen molar-refractivity contribution in [2.75, 3.05) is 26.7 Å². The van der Waals surface area contributed by atoms with Crippen LogP contribution in [0, 0.1) is 5.92 Å². The molecule has 148 valence electrons. The molecule has 6 nitrogen and oxygen atoms in total. The quantitative estimate of drug-likeness (QED) is 0.781. The second-order valence-corrected chi connectivity index (χ2v) is 6.36. The van der Waals surface area contributed by atoms with E-state index in [9.17, 15) is 13.6 Å². The lowest BCUT2D eigenvalue weighted by atomic mass is 9.96. The number of carbonyl (C=O) groups excluding carboxylic acids is 1. The largest absolute Gasteiger partial charge is 0.435 e. The summed E-state index contributed by atoms with van der Waals surface area (Å²) in [7, 11) is 1.93. The van der Waals surface area contributed by atoms with Gasteiger partial charge in [0.2, 0.25) is 0 Å². The lowest BCUT2D eigenvalue weighted by Crippen LogP contribution is -2.40. The van der Waals surface area contributed by atoms with Crippen molar-refractivity contribution in [2.45, 2.75) is 19.5 Å². The van der Waals surface area contributed by atoms with Gasteiger partial charge in [0.15, 0.2) is 0 Å². The number of carbonyl (C=O) groups is 1. The van der Waals surface area contributed by atoms with Crippen LogP contribution in [0.4, 0.5) is 8.78 Å². The van der Waals surface area contributed by atoms with Gasteiger partial charge in [0.1, 0.15) is 5.75 Å². The first-order valence-corrected chi connectivity index (χ1v) is 8.61. The van der Waals surface area contributed by atoms with Crippen molar-refractivity contribution in [3.8, 4) is 17.0 Å². The Kier molecular flexibility index (Phi) is 7.55. The minimum atomic E-state index is -2.90. The van der Waals surface area contributed by atoms with Gasteiger partial charge in [-0.1, -0.05) is 12.1 Å². The Labute approximate surface area is 162 Å². The molecule has 0 spiro atoms. The Morgan fingerprint density at radius 3 is 2.81 bits per heavy atom. The number of likely N-dealkylation sites (tertiary alicyclic amines) is 1. The molecule has 2 heterocycles. The maximum absolute atomic E-state index is 12.9. The fourth-order valence-electron chi connectivity index (χ4n) is 3.30. The number of alkyl halides is 2. The first-order valence-electron chi connectivity index (χ1n) is 8.61. The van der Waals surface area contributed by atoms with Crippen LogP contribution in [0.3, 0.4) is 0 Å². The highest BCUT2D eigenvalue weighted by Gasteiger charge is 2.26. The molecule has 27 heavy (non-hydrogen) atoms. The molecule has 2 aromatic rings. The molecule has 0 radical (unpaired) electrons. The number of rotatable bonds is 6. The maximum Gasteiger partial charge on any atom is 0.387 e. The van der Waals surface area contributed by atoms with Crippen molar-refractivity contribution < 1.29 is 18.3 Å². The number of benzene rings is 1. The molecule has 0 unspecified atom stereocenters. The molecule has 3 rings (SSSR count). The molecule has 1 amide bonds. The van der Waals surface area contributed by atoms with Crippen LogP contribution in [0.1, 0.15) is 23.2 Å². The summed E-state index contributed by atoms with van der Waals surface area (Å²) in [6.07, 6.45) is 3.40. The Balaban J connectivity index is 0.00000261. The number of halogens is 3. The van der Waals surface area contributed by atoms with Gasteiger partial charge in [-0.25, -0.2) is 0 Å². The SMILES string of the molecule is CNCC1CCN(C(=O)c2cn[nH]c2-c2cccc(OC(F)F)c2)CC1.Cl. The summed E-state index contributed by atoms with van der Waals surface area (Å²) in [4.78, 5) is 14.7. The average molecular weight is 401 g/mol. The molecular weight excluding hydrogens is 378 g/mol. The number of nitrogens with zero attached hydrogens (tertiary/aromatic N) is 2. The number of H-pyrrole nitrogens is 1. The van der Waals surface area contributed by atoms with E-state index in [0.29, 0.717) is 35.8 Å². The molecule has 2 N–H and O–H groups in total. The third-order valence-electron chi connectivity index (χ3n) is 4.61. The first kappa shape index (κ1) is 21.1. The number of nitrogens with one attached hydrogen (secondary N) is 2. The van der Waals surface area contributed by atoms with Gasteiger partial charge in [-0.05, 0) is 44.5 Å². The topological polar surface area (TPSA) is 70.2 Å². The maximum atomic E-state index is 12.9. The fourth-order valence-corrected chi connectivity index (χ4v) is 3.30. The Morgan fingerprint density at radius 2 is 2.15 bits per heavy atom. The van der Waals surface area contributed by atoms with Gasteiger partial charge < -0.3 is 15.0 Å². The number of aromatic nitrogens is 2. The summed E-state index contributed by atoms with van der Waals surface area (Å²) in [5.41, 5.74) is 1.52. The van der Waals surface area contributed by atoms with Crippen LogP contribution in [0.5, 0.6) is 5.75 Å².